The molecule has 1 heterocycles. The van der Waals surface area contributed by atoms with E-state index in [4.69, 9.17) is 15.4 Å². The van der Waals surface area contributed by atoms with Crippen molar-refractivity contribution >= 4 is 17.5 Å². The molecule has 1 aliphatic heterocycles. The number of rotatable bonds is 3. The van der Waals surface area contributed by atoms with Gasteiger partial charge in [0.25, 0.3) is 5.91 Å². The Morgan fingerprint density at radius 1 is 1.67 bits per heavy atom. The van der Waals surface area contributed by atoms with E-state index < -0.39 is 17.2 Å². The van der Waals surface area contributed by atoms with Crippen molar-refractivity contribution in [3.63, 3.8) is 0 Å². The van der Waals surface area contributed by atoms with Crippen molar-refractivity contribution in [3.8, 4) is 12.1 Å². The fourth-order valence-corrected chi connectivity index (χ4v) is 1.14. The van der Waals surface area contributed by atoms with Gasteiger partial charge in [0.2, 0.25) is 12.3 Å². The lowest BCUT2D eigenvalue weighted by Gasteiger charge is -2.12. The molecule has 1 rings (SSSR count). The second-order valence-corrected chi connectivity index (χ2v) is 4.00. The van der Waals surface area contributed by atoms with E-state index in [1.54, 1.807) is 12.1 Å². The number of amides is 1. The molecule has 1 amide bonds. The first-order valence-corrected chi connectivity index (χ1v) is 5.02. The summed E-state index contributed by atoms with van der Waals surface area (Å²) in [6, 6.07) is 3.22. The molecule has 94 valence electrons. The van der Waals surface area contributed by atoms with Crippen molar-refractivity contribution in [2.75, 3.05) is 6.61 Å². The summed E-state index contributed by atoms with van der Waals surface area (Å²) in [5, 5.41) is 26.2. The van der Waals surface area contributed by atoms with Crippen LogP contribution in [-0.4, -0.2) is 29.7 Å². The highest BCUT2D eigenvalue weighted by Crippen LogP contribution is 2.20. The van der Waals surface area contributed by atoms with Gasteiger partial charge in [-0.05, 0) is 13.8 Å². The van der Waals surface area contributed by atoms with E-state index in [2.05, 4.69) is 20.5 Å². The molecule has 0 radical (unpaired) electrons. The third kappa shape index (κ3) is 3.76. The van der Waals surface area contributed by atoms with Crippen LogP contribution in [-0.2, 0) is 14.5 Å². The highest BCUT2D eigenvalue weighted by molar-refractivity contribution is 6.47. The Morgan fingerprint density at radius 2 is 2.39 bits per heavy atom. The molecule has 0 unspecified atom stereocenters. The summed E-state index contributed by atoms with van der Waals surface area (Å²) in [6.07, 6.45) is 0.413. The van der Waals surface area contributed by atoms with E-state index in [0.717, 1.165) is 0 Å². The minimum atomic E-state index is -0.754. The topological polar surface area (TPSA) is 120 Å². The Hall–Kier alpha value is -2.61. The number of hydrogen-bond donors (Lipinski definition) is 1. The lowest BCUT2D eigenvalue weighted by molar-refractivity contribution is -0.113. The minimum Gasteiger partial charge on any atom is -0.388 e. The predicted molar refractivity (Wildman–Crippen MR) is 60.0 cm³/mol. The lowest BCUT2D eigenvalue weighted by Crippen LogP contribution is -2.36. The average molecular weight is 249 g/mol. The van der Waals surface area contributed by atoms with Gasteiger partial charge in [0.15, 0.2) is 5.84 Å². The molecule has 0 saturated heterocycles. The van der Waals surface area contributed by atoms with Crippen LogP contribution in [0.5, 0.6) is 0 Å². The normalized spacial score (nSPS) is 16.9. The van der Waals surface area contributed by atoms with Crippen LogP contribution in [0.15, 0.2) is 10.3 Å². The number of carbonyl (C=O) groups excluding carboxylic acids is 1. The predicted octanol–water partition coefficient (Wildman–Crippen LogP) is 0.0348. The van der Waals surface area contributed by atoms with Crippen molar-refractivity contribution in [1.82, 2.24) is 5.32 Å². The maximum absolute atomic E-state index is 11.6. The summed E-state index contributed by atoms with van der Waals surface area (Å²) in [7, 11) is 0. The Bertz CT molecular complexity index is 481. The first-order chi connectivity index (χ1) is 8.48. The highest BCUT2D eigenvalue weighted by atomic mass is 16.7. The molecular formula is C10H11N5O3. The van der Waals surface area contributed by atoms with Gasteiger partial charge in [-0.15, -0.1) is 0 Å². The van der Waals surface area contributed by atoms with Crippen molar-refractivity contribution in [2.24, 2.45) is 10.3 Å². The Balaban J connectivity index is 2.58. The molecule has 8 heteroatoms. The molecule has 1 aliphatic rings. The first kappa shape index (κ1) is 13.5. The summed E-state index contributed by atoms with van der Waals surface area (Å²) >= 11 is 0. The van der Waals surface area contributed by atoms with Crippen LogP contribution in [0.2, 0.25) is 0 Å². The van der Waals surface area contributed by atoms with Crippen molar-refractivity contribution in [3.05, 3.63) is 0 Å². The molecular weight excluding hydrogens is 238 g/mol. The fourth-order valence-electron chi connectivity index (χ4n) is 1.14. The Kier molecular flexibility index (Phi) is 4.22. The molecule has 0 aromatic carbocycles. The van der Waals surface area contributed by atoms with Crippen molar-refractivity contribution in [1.29, 1.82) is 10.5 Å². The van der Waals surface area contributed by atoms with Crippen LogP contribution in [0.25, 0.3) is 0 Å². The number of nitriles is 2. The largest absolute Gasteiger partial charge is 0.388 e. The molecule has 0 saturated carbocycles. The van der Waals surface area contributed by atoms with Gasteiger partial charge in [-0.1, -0.05) is 10.3 Å². The molecule has 1 N–H and O–H groups in total. The van der Waals surface area contributed by atoms with Crippen LogP contribution in [0, 0.1) is 22.7 Å². The van der Waals surface area contributed by atoms with E-state index in [9.17, 15) is 4.79 Å². The first-order valence-electron chi connectivity index (χ1n) is 5.02. The molecule has 0 aromatic heterocycles. The Labute approximate surface area is 103 Å². The number of hydrogen-bond acceptors (Lipinski definition) is 7. The zero-order valence-electron chi connectivity index (χ0n) is 9.93. The quantitative estimate of drug-likeness (QED) is 0.430. The van der Waals surface area contributed by atoms with E-state index in [-0.39, 0.29) is 6.61 Å². The molecule has 0 spiro atoms. The van der Waals surface area contributed by atoms with Crippen LogP contribution in [0.4, 0.5) is 0 Å². The van der Waals surface area contributed by atoms with Gasteiger partial charge in [0.1, 0.15) is 17.7 Å². The lowest BCUT2D eigenvalue weighted by atomic mass is 10.1. The molecule has 0 fully saturated rings. The third-order valence-electron chi connectivity index (χ3n) is 1.86. The highest BCUT2D eigenvalue weighted by Gasteiger charge is 2.30. The standard InChI is InChI=1S/C10H11N5O3/c1-10(2)5-8(15-18-10)13-9(16)7(6-12)14-17-4-3-11/h4-5H2,1-2H3,(H,13,15,16)/b14-7+. The number of nitrogens with zero attached hydrogens (tertiary/aromatic N) is 4. The molecule has 18 heavy (non-hydrogen) atoms. The summed E-state index contributed by atoms with van der Waals surface area (Å²) in [5.74, 6) is -0.441. The molecule has 0 aromatic rings. The van der Waals surface area contributed by atoms with E-state index in [1.165, 1.54) is 0 Å². The summed E-state index contributed by atoms with van der Waals surface area (Å²) in [6.45, 7) is 3.28. The smallest absolute Gasteiger partial charge is 0.289 e. The molecule has 0 bridgehead atoms. The average Bonchev–Trinajstić information content (AvgIpc) is 2.64. The fraction of sp³-hybridized carbons (Fsp3) is 0.500. The number of carbonyl (C=O) groups is 1. The number of nitrogens with one attached hydrogen (secondary N) is 1. The second kappa shape index (κ2) is 5.64. The van der Waals surface area contributed by atoms with Crippen molar-refractivity contribution in [2.45, 2.75) is 25.9 Å². The van der Waals surface area contributed by atoms with Gasteiger partial charge in [-0.2, -0.15) is 10.5 Å². The minimum absolute atomic E-state index is 0.313. The Morgan fingerprint density at radius 3 is 2.89 bits per heavy atom. The summed E-state index contributed by atoms with van der Waals surface area (Å²) in [4.78, 5) is 21.0. The maximum atomic E-state index is 11.6. The van der Waals surface area contributed by atoms with Crippen LogP contribution < -0.4 is 5.32 Å². The van der Waals surface area contributed by atoms with Crippen LogP contribution in [0.3, 0.4) is 0 Å². The van der Waals surface area contributed by atoms with E-state index >= 15 is 0 Å². The summed E-state index contributed by atoms with van der Waals surface area (Å²) < 4.78 is 0. The van der Waals surface area contributed by atoms with E-state index in [1.807, 2.05) is 13.8 Å². The number of amidine groups is 1. The van der Waals surface area contributed by atoms with Gasteiger partial charge in [0, 0.05) is 0 Å². The zero-order valence-corrected chi connectivity index (χ0v) is 9.93. The van der Waals surface area contributed by atoms with Crippen LogP contribution >= 0.6 is 0 Å². The summed E-state index contributed by atoms with van der Waals surface area (Å²) in [5.41, 5.74) is -0.971. The SMILES string of the molecule is CC1(C)CC(NC(=O)/C(C#N)=N/OCC#N)=NO1. The zero-order chi connectivity index (χ0) is 13.6. The van der Waals surface area contributed by atoms with Crippen LogP contribution in [0.1, 0.15) is 20.3 Å². The van der Waals surface area contributed by atoms with Gasteiger partial charge in [0.05, 0.1) is 6.42 Å². The van der Waals surface area contributed by atoms with Crippen molar-refractivity contribution < 1.29 is 14.5 Å². The van der Waals surface area contributed by atoms with Gasteiger partial charge >= 0.3 is 0 Å². The van der Waals surface area contributed by atoms with Gasteiger partial charge < -0.3 is 15.0 Å². The maximum Gasteiger partial charge on any atom is 0.289 e. The van der Waals surface area contributed by atoms with Gasteiger partial charge in [-0.3, -0.25) is 4.79 Å². The monoisotopic (exact) mass is 249 g/mol. The molecule has 0 aliphatic carbocycles. The molecule has 0 atom stereocenters. The number of oxime groups is 2. The second-order valence-electron chi connectivity index (χ2n) is 4.00. The van der Waals surface area contributed by atoms with Gasteiger partial charge in [-0.25, -0.2) is 0 Å². The molecule has 8 nitrogen and oxygen atoms in total. The van der Waals surface area contributed by atoms with E-state index in [0.29, 0.717) is 12.3 Å². The third-order valence-corrected chi connectivity index (χ3v) is 1.86.